The lowest BCUT2D eigenvalue weighted by Crippen LogP contribution is -2.46. The molecule has 19 heavy (non-hydrogen) atoms. The molecule has 1 heterocycles. The van der Waals surface area contributed by atoms with Gasteiger partial charge in [-0.15, -0.1) is 0 Å². The molecule has 2 unspecified atom stereocenters. The number of hydrogen-bond donors (Lipinski definition) is 1. The molecule has 5 heteroatoms. The minimum Gasteiger partial charge on any atom is -0.315 e. The van der Waals surface area contributed by atoms with Crippen LogP contribution in [-0.2, 0) is 16.3 Å². The van der Waals surface area contributed by atoms with Crippen molar-refractivity contribution in [3.63, 3.8) is 0 Å². The average Bonchev–Trinajstić information content (AvgIpc) is 2.36. The summed E-state index contributed by atoms with van der Waals surface area (Å²) in [5, 5.41) is 2.74. The Morgan fingerprint density at radius 3 is 2.84 bits per heavy atom. The molecule has 1 fully saturated rings. The zero-order valence-corrected chi connectivity index (χ0v) is 11.9. The maximum absolute atomic E-state index is 13.2. The van der Waals surface area contributed by atoms with Gasteiger partial charge in [0.25, 0.3) is 0 Å². The van der Waals surface area contributed by atoms with Crippen molar-refractivity contribution in [1.82, 2.24) is 5.32 Å². The lowest BCUT2D eigenvalue weighted by atomic mass is 9.99. The van der Waals surface area contributed by atoms with Gasteiger partial charge in [-0.05, 0) is 44.0 Å². The second kappa shape index (κ2) is 6.01. The normalized spacial score (nSPS) is 24.0. The molecular weight excluding hydrogens is 265 g/mol. The average molecular weight is 285 g/mol. The molecule has 1 aliphatic rings. The monoisotopic (exact) mass is 285 g/mol. The van der Waals surface area contributed by atoms with Gasteiger partial charge in [-0.3, -0.25) is 0 Å². The van der Waals surface area contributed by atoms with Gasteiger partial charge in [-0.2, -0.15) is 0 Å². The number of likely N-dealkylation sites (N-methyl/N-ethyl adjacent to an activating group) is 1. The van der Waals surface area contributed by atoms with Crippen molar-refractivity contribution in [3.05, 3.63) is 35.6 Å². The minimum absolute atomic E-state index is 0.146. The summed E-state index contributed by atoms with van der Waals surface area (Å²) in [7, 11) is -1.25. The highest BCUT2D eigenvalue weighted by Crippen LogP contribution is 2.24. The fourth-order valence-corrected chi connectivity index (χ4v) is 4.94. The van der Waals surface area contributed by atoms with Crippen molar-refractivity contribution in [2.45, 2.75) is 37.0 Å². The minimum atomic E-state index is -3.02. The van der Waals surface area contributed by atoms with Crippen molar-refractivity contribution < 1.29 is 12.8 Å². The van der Waals surface area contributed by atoms with E-state index < -0.39 is 9.84 Å². The fourth-order valence-electron chi connectivity index (χ4n) is 2.77. The first-order valence-corrected chi connectivity index (χ1v) is 8.38. The lowest BCUT2D eigenvalue weighted by molar-refractivity contribution is 0.455. The highest BCUT2D eigenvalue weighted by molar-refractivity contribution is 7.92. The smallest absolute Gasteiger partial charge is 0.154 e. The van der Waals surface area contributed by atoms with Gasteiger partial charge in [0, 0.05) is 6.04 Å². The third kappa shape index (κ3) is 3.54. The van der Waals surface area contributed by atoms with E-state index in [1.165, 1.54) is 12.1 Å². The molecule has 2 rings (SSSR count). The van der Waals surface area contributed by atoms with E-state index in [9.17, 15) is 12.8 Å². The van der Waals surface area contributed by atoms with Gasteiger partial charge in [0.1, 0.15) is 5.82 Å². The second-order valence-electron chi connectivity index (χ2n) is 5.13. The number of halogens is 1. The van der Waals surface area contributed by atoms with Gasteiger partial charge in [0.05, 0.1) is 11.0 Å². The first-order valence-electron chi connectivity index (χ1n) is 6.66. The van der Waals surface area contributed by atoms with E-state index >= 15 is 0 Å². The molecule has 0 radical (unpaired) electrons. The van der Waals surface area contributed by atoms with Crippen LogP contribution < -0.4 is 5.32 Å². The third-order valence-electron chi connectivity index (χ3n) is 3.79. The Labute approximate surface area is 114 Å². The molecule has 0 amide bonds. The van der Waals surface area contributed by atoms with Gasteiger partial charge in [-0.1, -0.05) is 18.6 Å². The Hall–Kier alpha value is -0.940. The van der Waals surface area contributed by atoms with Gasteiger partial charge >= 0.3 is 0 Å². The van der Waals surface area contributed by atoms with Crippen LogP contribution in [0.3, 0.4) is 0 Å². The predicted octanol–water partition coefficient (Wildman–Crippen LogP) is 1.92. The number of rotatable bonds is 4. The maximum atomic E-state index is 13.2. The largest absolute Gasteiger partial charge is 0.315 e. The van der Waals surface area contributed by atoms with Crippen molar-refractivity contribution in [1.29, 1.82) is 0 Å². The van der Waals surface area contributed by atoms with Crippen molar-refractivity contribution >= 4 is 9.84 Å². The molecule has 0 bridgehead atoms. The number of sulfone groups is 1. The third-order valence-corrected chi connectivity index (χ3v) is 6.14. The zero-order valence-electron chi connectivity index (χ0n) is 11.1. The summed E-state index contributed by atoms with van der Waals surface area (Å²) in [6.07, 6.45) is 2.95. The number of benzene rings is 1. The van der Waals surface area contributed by atoms with Gasteiger partial charge < -0.3 is 5.32 Å². The maximum Gasteiger partial charge on any atom is 0.154 e. The van der Waals surface area contributed by atoms with Crippen LogP contribution in [0.1, 0.15) is 24.8 Å². The van der Waals surface area contributed by atoms with Crippen LogP contribution in [0.2, 0.25) is 0 Å². The standard InChI is InChI=1S/C14H20FNO2S/c1-16-13(10-11-5-4-6-12(15)9-11)14-7-2-3-8-19(14,17)18/h4-6,9,13-14,16H,2-3,7-8,10H2,1H3. The molecule has 1 aliphatic heterocycles. The molecule has 1 N–H and O–H groups in total. The molecule has 1 saturated heterocycles. The number of hydrogen-bond acceptors (Lipinski definition) is 3. The lowest BCUT2D eigenvalue weighted by Gasteiger charge is -2.30. The zero-order chi connectivity index (χ0) is 13.9. The van der Waals surface area contributed by atoms with E-state index in [1.54, 1.807) is 13.1 Å². The summed E-state index contributed by atoms with van der Waals surface area (Å²) in [4.78, 5) is 0. The summed E-state index contributed by atoms with van der Waals surface area (Å²) >= 11 is 0. The van der Waals surface area contributed by atoms with E-state index in [0.717, 1.165) is 18.4 Å². The molecule has 3 nitrogen and oxygen atoms in total. The second-order valence-corrected chi connectivity index (χ2v) is 7.47. The Kier molecular flexibility index (Phi) is 4.58. The van der Waals surface area contributed by atoms with Gasteiger partial charge in [0.15, 0.2) is 9.84 Å². The topological polar surface area (TPSA) is 46.2 Å². The Morgan fingerprint density at radius 2 is 2.21 bits per heavy atom. The number of nitrogens with one attached hydrogen (secondary N) is 1. The van der Waals surface area contributed by atoms with Crippen molar-refractivity contribution in [2.24, 2.45) is 0 Å². The molecule has 1 aromatic rings. The Morgan fingerprint density at radius 1 is 1.42 bits per heavy atom. The molecule has 0 aromatic heterocycles. The fraction of sp³-hybridized carbons (Fsp3) is 0.571. The first-order chi connectivity index (χ1) is 9.03. The molecule has 0 spiro atoms. The van der Waals surface area contributed by atoms with Crippen molar-refractivity contribution in [2.75, 3.05) is 12.8 Å². The van der Waals surface area contributed by atoms with E-state index in [-0.39, 0.29) is 22.9 Å². The summed E-state index contributed by atoms with van der Waals surface area (Å²) in [6.45, 7) is 0. The van der Waals surface area contributed by atoms with E-state index in [0.29, 0.717) is 12.8 Å². The van der Waals surface area contributed by atoms with Crippen LogP contribution in [0, 0.1) is 5.82 Å². The summed E-state index contributed by atoms with van der Waals surface area (Å²) < 4.78 is 37.4. The molecule has 0 aliphatic carbocycles. The van der Waals surface area contributed by atoms with Crippen LogP contribution in [0.15, 0.2) is 24.3 Å². The SMILES string of the molecule is CNC(Cc1cccc(F)c1)C1CCCCS1(=O)=O. The van der Waals surface area contributed by atoms with E-state index in [2.05, 4.69) is 5.32 Å². The van der Waals surface area contributed by atoms with E-state index in [1.807, 2.05) is 6.07 Å². The Bertz CT molecular complexity index is 530. The van der Waals surface area contributed by atoms with Crippen LogP contribution in [0.4, 0.5) is 4.39 Å². The molecular formula is C14H20FNO2S. The summed E-state index contributed by atoms with van der Waals surface area (Å²) in [5.74, 6) is -0.00206. The molecule has 0 saturated carbocycles. The first kappa shape index (κ1) is 14.5. The van der Waals surface area contributed by atoms with Crippen LogP contribution >= 0.6 is 0 Å². The van der Waals surface area contributed by atoms with Crippen LogP contribution in [0.25, 0.3) is 0 Å². The van der Waals surface area contributed by atoms with Gasteiger partial charge in [-0.25, -0.2) is 12.8 Å². The Balaban J connectivity index is 2.16. The van der Waals surface area contributed by atoms with E-state index in [4.69, 9.17) is 0 Å². The molecule has 1 aromatic carbocycles. The van der Waals surface area contributed by atoms with Crippen LogP contribution in [-0.4, -0.2) is 32.5 Å². The molecule has 106 valence electrons. The highest BCUT2D eigenvalue weighted by Gasteiger charge is 2.34. The molecule has 2 atom stereocenters. The summed E-state index contributed by atoms with van der Waals surface area (Å²) in [6, 6.07) is 6.22. The predicted molar refractivity (Wildman–Crippen MR) is 74.4 cm³/mol. The summed E-state index contributed by atoms with van der Waals surface area (Å²) in [5.41, 5.74) is 0.833. The quantitative estimate of drug-likeness (QED) is 0.919. The highest BCUT2D eigenvalue weighted by atomic mass is 32.2. The van der Waals surface area contributed by atoms with Crippen molar-refractivity contribution in [3.8, 4) is 0 Å². The van der Waals surface area contributed by atoms with Gasteiger partial charge in [0.2, 0.25) is 0 Å². The van der Waals surface area contributed by atoms with Crippen LogP contribution in [0.5, 0.6) is 0 Å².